The number of halogens is 3. The molecule has 0 atom stereocenters. The van der Waals surface area contributed by atoms with E-state index < -0.39 is 31.7 Å². The third kappa shape index (κ3) is 4.29. The lowest BCUT2D eigenvalue weighted by atomic mass is 10.3. The Kier molecular flexibility index (Phi) is 6.40. The molecule has 1 aromatic rings. The second kappa shape index (κ2) is 7.40. The fraction of sp³-hybridized carbons (Fsp3) is 0.417. The Labute approximate surface area is 132 Å². The van der Waals surface area contributed by atoms with Gasteiger partial charge < -0.3 is 4.74 Å². The number of benzene rings is 1. The second-order valence-electron chi connectivity index (χ2n) is 4.06. The van der Waals surface area contributed by atoms with Crippen molar-refractivity contribution in [1.29, 1.82) is 0 Å². The zero-order valence-electron chi connectivity index (χ0n) is 11.4. The highest BCUT2D eigenvalue weighted by molar-refractivity contribution is 7.89. The van der Waals surface area contributed by atoms with Crippen LogP contribution in [0.5, 0.6) is 0 Å². The van der Waals surface area contributed by atoms with Crippen molar-refractivity contribution in [3.05, 3.63) is 28.0 Å². The lowest BCUT2D eigenvalue weighted by Crippen LogP contribution is -2.30. The van der Waals surface area contributed by atoms with Gasteiger partial charge in [0.15, 0.2) is 5.82 Å². The van der Waals surface area contributed by atoms with Gasteiger partial charge in [0.25, 0.3) is 0 Å². The largest absolute Gasteiger partial charge is 0.466 e. The molecular formula is C12H14Cl2FNO4S. The fourth-order valence-corrected chi connectivity index (χ4v) is 3.36. The maximum Gasteiger partial charge on any atom is 0.307 e. The molecule has 0 heterocycles. The number of hydrogen-bond acceptors (Lipinski definition) is 4. The van der Waals surface area contributed by atoms with Crippen LogP contribution in [0.3, 0.4) is 0 Å². The van der Waals surface area contributed by atoms with Crippen LogP contribution >= 0.6 is 23.2 Å². The summed E-state index contributed by atoms with van der Waals surface area (Å²) in [6.07, 6.45) is -0.114. The van der Waals surface area contributed by atoms with E-state index in [0.717, 1.165) is 16.4 Å². The summed E-state index contributed by atoms with van der Waals surface area (Å²) in [5, 5.41) is -0.849. The molecule has 0 spiro atoms. The molecule has 9 heteroatoms. The summed E-state index contributed by atoms with van der Waals surface area (Å²) < 4.78 is 43.7. The number of nitrogens with zero attached hydrogens (tertiary/aromatic N) is 1. The van der Waals surface area contributed by atoms with Crippen molar-refractivity contribution in [2.45, 2.75) is 18.2 Å². The van der Waals surface area contributed by atoms with E-state index in [-0.39, 0.29) is 24.6 Å². The smallest absolute Gasteiger partial charge is 0.307 e. The minimum atomic E-state index is -4.02. The molecule has 0 bridgehead atoms. The molecule has 0 saturated heterocycles. The van der Waals surface area contributed by atoms with Gasteiger partial charge in [-0.25, -0.2) is 17.1 Å². The van der Waals surface area contributed by atoms with Crippen molar-refractivity contribution >= 4 is 39.2 Å². The van der Waals surface area contributed by atoms with E-state index in [2.05, 4.69) is 0 Å². The Morgan fingerprint density at radius 3 is 2.57 bits per heavy atom. The van der Waals surface area contributed by atoms with Gasteiger partial charge in [-0.1, -0.05) is 23.2 Å². The van der Waals surface area contributed by atoms with E-state index in [1.165, 1.54) is 7.05 Å². The summed E-state index contributed by atoms with van der Waals surface area (Å²) in [6, 6.07) is 2.22. The van der Waals surface area contributed by atoms with Crippen LogP contribution < -0.4 is 0 Å². The van der Waals surface area contributed by atoms with E-state index in [0.29, 0.717) is 0 Å². The molecule has 0 radical (unpaired) electrons. The number of hydrogen-bond donors (Lipinski definition) is 0. The lowest BCUT2D eigenvalue weighted by Gasteiger charge is -2.17. The number of esters is 1. The van der Waals surface area contributed by atoms with Crippen LogP contribution in [-0.2, 0) is 19.6 Å². The Bertz CT molecular complexity index is 636. The number of sulfonamides is 1. The molecule has 0 N–H and O–H groups in total. The van der Waals surface area contributed by atoms with Gasteiger partial charge in [0, 0.05) is 13.6 Å². The summed E-state index contributed by atoms with van der Waals surface area (Å²) >= 11 is 11.2. The van der Waals surface area contributed by atoms with Gasteiger partial charge in [-0.3, -0.25) is 4.79 Å². The lowest BCUT2D eigenvalue weighted by molar-refractivity contribution is -0.143. The first kappa shape index (κ1) is 18.2. The number of ether oxygens (including phenoxy) is 1. The monoisotopic (exact) mass is 357 g/mol. The third-order valence-electron chi connectivity index (χ3n) is 2.62. The minimum Gasteiger partial charge on any atom is -0.466 e. The van der Waals surface area contributed by atoms with Gasteiger partial charge in [0.1, 0.15) is 4.90 Å². The Hall–Kier alpha value is -0.890. The van der Waals surface area contributed by atoms with Gasteiger partial charge in [0.05, 0.1) is 23.1 Å². The van der Waals surface area contributed by atoms with E-state index in [9.17, 15) is 17.6 Å². The van der Waals surface area contributed by atoms with E-state index in [4.69, 9.17) is 27.9 Å². The molecule has 0 saturated carbocycles. The molecule has 0 aromatic heterocycles. The molecule has 1 rings (SSSR count). The van der Waals surface area contributed by atoms with Crippen LogP contribution in [0.25, 0.3) is 0 Å². The van der Waals surface area contributed by atoms with Crippen LogP contribution in [0, 0.1) is 5.82 Å². The highest BCUT2D eigenvalue weighted by Crippen LogP contribution is 2.30. The van der Waals surface area contributed by atoms with Crippen LogP contribution in [0.1, 0.15) is 13.3 Å². The third-order valence-corrected chi connectivity index (χ3v) is 5.30. The minimum absolute atomic E-state index is 0.109. The average Bonchev–Trinajstić information content (AvgIpc) is 2.42. The van der Waals surface area contributed by atoms with Gasteiger partial charge in [-0.05, 0) is 19.1 Å². The predicted octanol–water partition coefficient (Wildman–Crippen LogP) is 2.71. The first-order valence-electron chi connectivity index (χ1n) is 5.97. The molecule has 0 unspecified atom stereocenters. The molecule has 21 heavy (non-hydrogen) atoms. The maximum atomic E-state index is 13.6. The van der Waals surface area contributed by atoms with Gasteiger partial charge in [-0.2, -0.15) is 0 Å². The standard InChI is InChI=1S/C12H14Cl2FNO4S/c1-3-20-10(17)6-7-16(2)21(18,19)9-5-4-8(13)12(15)11(9)14/h4-5H,3,6-7H2,1-2H3. The van der Waals surface area contributed by atoms with Crippen LogP contribution in [0.2, 0.25) is 10.0 Å². The van der Waals surface area contributed by atoms with Crippen molar-refractivity contribution in [3.63, 3.8) is 0 Å². The average molecular weight is 358 g/mol. The molecule has 0 amide bonds. The molecule has 0 aliphatic heterocycles. The maximum absolute atomic E-state index is 13.6. The highest BCUT2D eigenvalue weighted by atomic mass is 35.5. The van der Waals surface area contributed by atoms with Gasteiger partial charge >= 0.3 is 5.97 Å². The summed E-state index contributed by atoms with van der Waals surface area (Å²) in [4.78, 5) is 10.8. The van der Waals surface area contributed by atoms with Gasteiger partial charge in [0.2, 0.25) is 10.0 Å². The molecule has 1 aromatic carbocycles. The molecule has 5 nitrogen and oxygen atoms in total. The van der Waals surface area contributed by atoms with Crippen molar-refractivity contribution in [2.75, 3.05) is 20.2 Å². The Morgan fingerprint density at radius 1 is 1.38 bits per heavy atom. The van der Waals surface area contributed by atoms with E-state index in [1.54, 1.807) is 6.92 Å². The molecular weight excluding hydrogens is 344 g/mol. The van der Waals surface area contributed by atoms with Crippen molar-refractivity contribution < 1.29 is 22.3 Å². The second-order valence-corrected chi connectivity index (χ2v) is 6.85. The van der Waals surface area contributed by atoms with Crippen LogP contribution in [0.4, 0.5) is 4.39 Å². The SMILES string of the molecule is CCOC(=O)CCN(C)S(=O)(=O)c1ccc(Cl)c(F)c1Cl. The molecule has 118 valence electrons. The topological polar surface area (TPSA) is 63.7 Å². The summed E-state index contributed by atoms with van der Waals surface area (Å²) in [5.41, 5.74) is 0. The Morgan fingerprint density at radius 2 is 2.00 bits per heavy atom. The van der Waals surface area contributed by atoms with E-state index >= 15 is 0 Å². The highest BCUT2D eigenvalue weighted by Gasteiger charge is 2.26. The van der Waals surface area contributed by atoms with Crippen molar-refractivity contribution in [3.8, 4) is 0 Å². The molecule has 0 aliphatic rings. The van der Waals surface area contributed by atoms with Crippen molar-refractivity contribution in [1.82, 2.24) is 4.31 Å². The zero-order chi connectivity index (χ0) is 16.2. The molecule has 0 aliphatic carbocycles. The molecule has 0 fully saturated rings. The van der Waals surface area contributed by atoms with Gasteiger partial charge in [-0.15, -0.1) is 0 Å². The zero-order valence-corrected chi connectivity index (χ0v) is 13.7. The number of carbonyl (C=O) groups is 1. The van der Waals surface area contributed by atoms with E-state index in [1.807, 2.05) is 0 Å². The Balaban J connectivity index is 2.96. The predicted molar refractivity (Wildman–Crippen MR) is 77.5 cm³/mol. The summed E-state index contributed by atoms with van der Waals surface area (Å²) in [6.45, 7) is 1.75. The van der Waals surface area contributed by atoms with Crippen LogP contribution in [-0.4, -0.2) is 38.9 Å². The first-order chi connectivity index (χ1) is 9.71. The summed E-state index contributed by atoms with van der Waals surface area (Å²) in [7, 11) is -2.76. The first-order valence-corrected chi connectivity index (χ1v) is 8.16. The number of rotatable bonds is 6. The normalized spacial score (nSPS) is 11.7. The van der Waals surface area contributed by atoms with Crippen molar-refractivity contribution in [2.24, 2.45) is 0 Å². The quantitative estimate of drug-likeness (QED) is 0.579. The summed E-state index contributed by atoms with van der Waals surface area (Å²) in [5.74, 6) is -1.52. The number of carbonyl (C=O) groups excluding carboxylic acids is 1. The fourth-order valence-electron chi connectivity index (χ4n) is 1.48. The van der Waals surface area contributed by atoms with Crippen LogP contribution in [0.15, 0.2) is 17.0 Å².